The summed E-state index contributed by atoms with van der Waals surface area (Å²) in [7, 11) is 0. The second kappa shape index (κ2) is 10.4. The largest absolute Gasteiger partial charge is 0.346 e. The molecule has 7 nitrogen and oxygen atoms in total. The number of nitrogens with two attached hydrogens (primary N) is 1. The normalized spacial score (nSPS) is 17.4. The number of rotatable bonds is 6. The van der Waals surface area contributed by atoms with Gasteiger partial charge in [0.1, 0.15) is 5.92 Å². The zero-order valence-corrected chi connectivity index (χ0v) is 14.5. The molecule has 25 heavy (non-hydrogen) atoms. The summed E-state index contributed by atoms with van der Waals surface area (Å²) in [5.41, 5.74) is 5.27. The average molecular weight is 347 g/mol. The number of Topliss-reactive ketones (excluding diaryl/α,β-unsaturated/α-hetero) is 1. The fraction of sp³-hybridized carbons (Fsp3) is 0.444. The molecule has 0 bridgehead atoms. The number of imide groups is 1. The molecule has 1 aliphatic heterocycles. The topological polar surface area (TPSA) is 118 Å². The van der Waals surface area contributed by atoms with Crippen molar-refractivity contribution in [2.75, 3.05) is 6.54 Å². The molecular formula is C18H25N3O4. The predicted molar refractivity (Wildman–Crippen MR) is 93.1 cm³/mol. The molecule has 7 heteroatoms. The van der Waals surface area contributed by atoms with E-state index in [2.05, 4.69) is 10.6 Å². The maximum absolute atomic E-state index is 12.2. The van der Waals surface area contributed by atoms with Crippen LogP contribution in [0.5, 0.6) is 0 Å². The molecule has 136 valence electrons. The summed E-state index contributed by atoms with van der Waals surface area (Å²) in [5, 5.41) is 4.66. The first-order valence-electron chi connectivity index (χ1n) is 8.23. The SMILES string of the molecule is CC(C)C(NC(=O)CCN)C(=O)C1CC(=O)NC1=O.c1ccccc1. The van der Waals surface area contributed by atoms with Crippen molar-refractivity contribution >= 4 is 23.5 Å². The molecule has 0 saturated carbocycles. The summed E-state index contributed by atoms with van der Waals surface area (Å²) in [4.78, 5) is 46.3. The summed E-state index contributed by atoms with van der Waals surface area (Å²) in [5.74, 6) is -2.98. The van der Waals surface area contributed by atoms with E-state index in [1.54, 1.807) is 13.8 Å². The third-order valence-electron chi connectivity index (χ3n) is 3.64. The Kier molecular flexibility index (Phi) is 8.49. The Morgan fingerprint density at radius 1 is 1.16 bits per heavy atom. The summed E-state index contributed by atoms with van der Waals surface area (Å²) < 4.78 is 0. The highest BCUT2D eigenvalue weighted by Crippen LogP contribution is 2.17. The van der Waals surface area contributed by atoms with Crippen LogP contribution >= 0.6 is 0 Å². The molecule has 0 radical (unpaired) electrons. The molecule has 1 heterocycles. The van der Waals surface area contributed by atoms with Crippen LogP contribution in [-0.2, 0) is 19.2 Å². The lowest BCUT2D eigenvalue weighted by Gasteiger charge is -2.22. The van der Waals surface area contributed by atoms with Crippen LogP contribution in [0.4, 0.5) is 0 Å². The fourth-order valence-electron chi connectivity index (χ4n) is 2.33. The van der Waals surface area contributed by atoms with Crippen molar-refractivity contribution < 1.29 is 19.2 Å². The molecule has 2 atom stereocenters. The monoisotopic (exact) mass is 347 g/mol. The molecule has 2 unspecified atom stereocenters. The minimum absolute atomic E-state index is 0.117. The number of hydrogen-bond donors (Lipinski definition) is 3. The number of amides is 3. The van der Waals surface area contributed by atoms with Gasteiger partial charge in [-0.3, -0.25) is 24.5 Å². The zero-order valence-electron chi connectivity index (χ0n) is 14.5. The van der Waals surface area contributed by atoms with Crippen molar-refractivity contribution in [2.24, 2.45) is 17.6 Å². The van der Waals surface area contributed by atoms with Crippen LogP contribution in [0.3, 0.4) is 0 Å². The minimum atomic E-state index is -1.00. The van der Waals surface area contributed by atoms with Crippen LogP contribution in [-0.4, -0.2) is 36.1 Å². The third-order valence-corrected chi connectivity index (χ3v) is 3.64. The van der Waals surface area contributed by atoms with Crippen molar-refractivity contribution in [1.82, 2.24) is 10.6 Å². The molecule has 3 amide bonds. The van der Waals surface area contributed by atoms with E-state index in [0.717, 1.165) is 0 Å². The summed E-state index contributed by atoms with van der Waals surface area (Å²) in [6, 6.07) is 11.2. The van der Waals surface area contributed by atoms with E-state index in [0.29, 0.717) is 0 Å². The highest BCUT2D eigenvalue weighted by atomic mass is 16.2. The van der Waals surface area contributed by atoms with Gasteiger partial charge in [0, 0.05) is 19.4 Å². The van der Waals surface area contributed by atoms with Crippen LogP contribution in [0.15, 0.2) is 36.4 Å². The summed E-state index contributed by atoms with van der Waals surface area (Å²) in [6.07, 6.45) is -0.0278. The Balaban J connectivity index is 0.000000435. The number of ketones is 1. The van der Waals surface area contributed by atoms with Crippen molar-refractivity contribution in [3.63, 3.8) is 0 Å². The van der Waals surface area contributed by atoms with Crippen molar-refractivity contribution in [3.05, 3.63) is 36.4 Å². The zero-order chi connectivity index (χ0) is 18.8. The standard InChI is InChI=1S/C12H19N3O4.C6H6/c1-6(2)10(14-8(16)3-4-13)11(18)7-5-9(17)15-12(7)19;1-2-4-6-5-3-1/h6-7,10H,3-5,13H2,1-2H3,(H,14,16)(H,15,17,19);1-6H. The minimum Gasteiger partial charge on any atom is -0.346 e. The van der Waals surface area contributed by atoms with Gasteiger partial charge in [-0.25, -0.2) is 0 Å². The third kappa shape index (κ3) is 6.84. The fourth-order valence-corrected chi connectivity index (χ4v) is 2.33. The van der Waals surface area contributed by atoms with Crippen molar-refractivity contribution in [2.45, 2.75) is 32.7 Å². The number of hydrogen-bond acceptors (Lipinski definition) is 5. The molecule has 1 saturated heterocycles. The summed E-state index contributed by atoms with van der Waals surface area (Å²) in [6.45, 7) is 3.72. The van der Waals surface area contributed by atoms with Gasteiger partial charge in [0.05, 0.1) is 6.04 Å². The Morgan fingerprint density at radius 3 is 2.04 bits per heavy atom. The van der Waals surface area contributed by atoms with Gasteiger partial charge >= 0.3 is 0 Å². The molecule has 0 aromatic heterocycles. The van der Waals surface area contributed by atoms with E-state index in [1.165, 1.54) is 0 Å². The second-order valence-corrected chi connectivity index (χ2v) is 6.05. The molecule has 1 aliphatic rings. The predicted octanol–water partition coefficient (Wildman–Crippen LogP) is 0.394. The van der Waals surface area contributed by atoms with Gasteiger partial charge in [-0.2, -0.15) is 0 Å². The van der Waals surface area contributed by atoms with Crippen LogP contribution in [0, 0.1) is 11.8 Å². The van der Waals surface area contributed by atoms with Crippen LogP contribution in [0.25, 0.3) is 0 Å². The lowest BCUT2D eigenvalue weighted by atomic mass is 9.90. The first-order chi connectivity index (χ1) is 11.9. The van der Waals surface area contributed by atoms with Gasteiger partial charge in [-0.1, -0.05) is 50.2 Å². The Morgan fingerprint density at radius 2 is 1.68 bits per heavy atom. The number of nitrogens with one attached hydrogen (secondary N) is 2. The van der Waals surface area contributed by atoms with Gasteiger partial charge in [0.2, 0.25) is 17.7 Å². The molecular weight excluding hydrogens is 322 g/mol. The van der Waals surface area contributed by atoms with E-state index in [4.69, 9.17) is 5.73 Å². The lowest BCUT2D eigenvalue weighted by Crippen LogP contribution is -2.48. The first kappa shape index (κ1) is 20.5. The van der Waals surface area contributed by atoms with Crippen molar-refractivity contribution in [3.8, 4) is 0 Å². The molecule has 0 aliphatic carbocycles. The first-order valence-corrected chi connectivity index (χ1v) is 8.23. The lowest BCUT2D eigenvalue weighted by molar-refractivity contribution is -0.136. The van der Waals surface area contributed by atoms with E-state index in [1.807, 2.05) is 36.4 Å². The quantitative estimate of drug-likeness (QED) is 0.508. The Hall–Kier alpha value is -2.54. The number of carbonyl (C=O) groups excluding carboxylic acids is 4. The maximum atomic E-state index is 12.2. The molecule has 2 rings (SSSR count). The van der Waals surface area contributed by atoms with Crippen molar-refractivity contribution in [1.29, 1.82) is 0 Å². The van der Waals surface area contributed by atoms with E-state index in [-0.39, 0.29) is 31.2 Å². The van der Waals surface area contributed by atoms with Gasteiger partial charge in [0.25, 0.3) is 0 Å². The van der Waals surface area contributed by atoms with Crippen LogP contribution < -0.4 is 16.4 Å². The number of carbonyl (C=O) groups is 4. The van der Waals surface area contributed by atoms with E-state index >= 15 is 0 Å². The smallest absolute Gasteiger partial charge is 0.237 e. The molecule has 0 spiro atoms. The van der Waals surface area contributed by atoms with Crippen LogP contribution in [0.2, 0.25) is 0 Å². The number of benzene rings is 1. The van der Waals surface area contributed by atoms with Gasteiger partial charge < -0.3 is 11.1 Å². The van der Waals surface area contributed by atoms with Gasteiger partial charge in [-0.15, -0.1) is 0 Å². The van der Waals surface area contributed by atoms with E-state index in [9.17, 15) is 19.2 Å². The maximum Gasteiger partial charge on any atom is 0.237 e. The highest BCUT2D eigenvalue weighted by molar-refractivity contribution is 6.15. The van der Waals surface area contributed by atoms with Gasteiger partial charge in [-0.05, 0) is 5.92 Å². The molecule has 1 aromatic rings. The average Bonchev–Trinajstić information content (AvgIpc) is 2.92. The highest BCUT2D eigenvalue weighted by Gasteiger charge is 2.40. The molecule has 1 aromatic carbocycles. The van der Waals surface area contributed by atoms with Crippen LogP contribution in [0.1, 0.15) is 26.7 Å². The Bertz CT molecular complexity index is 575. The molecule has 1 fully saturated rings. The second-order valence-electron chi connectivity index (χ2n) is 6.05. The Labute approximate surface area is 147 Å². The van der Waals surface area contributed by atoms with Gasteiger partial charge in [0.15, 0.2) is 5.78 Å². The molecule has 4 N–H and O–H groups in total. The van der Waals surface area contributed by atoms with E-state index < -0.39 is 29.6 Å². The summed E-state index contributed by atoms with van der Waals surface area (Å²) >= 11 is 0.